The van der Waals surface area contributed by atoms with Crippen molar-refractivity contribution < 1.29 is 0 Å². The first-order valence-corrected chi connectivity index (χ1v) is 5.74. The molecular weight excluding hydrogens is 222 g/mol. The summed E-state index contributed by atoms with van der Waals surface area (Å²) in [5.74, 6) is 0. The Bertz CT molecular complexity index is 565. The van der Waals surface area contributed by atoms with Crippen LogP contribution in [0.1, 0.15) is 5.56 Å². The van der Waals surface area contributed by atoms with E-state index in [4.69, 9.17) is 5.26 Å². The van der Waals surface area contributed by atoms with Gasteiger partial charge in [-0.25, -0.2) is 0 Å². The van der Waals surface area contributed by atoms with Crippen molar-refractivity contribution >= 4 is 17.1 Å². The van der Waals surface area contributed by atoms with Crippen LogP contribution in [0, 0.1) is 11.3 Å². The zero-order chi connectivity index (χ0) is 13.0. The van der Waals surface area contributed by atoms with E-state index in [-0.39, 0.29) is 0 Å². The highest BCUT2D eigenvalue weighted by atomic mass is 15.1. The Balaban J connectivity index is 2.22. The highest BCUT2D eigenvalue weighted by molar-refractivity contribution is 5.67. The van der Waals surface area contributed by atoms with Crippen LogP contribution in [-0.2, 0) is 0 Å². The Labute approximate surface area is 107 Å². The third-order valence-electron chi connectivity index (χ3n) is 2.71. The second-order valence-corrected chi connectivity index (χ2v) is 4.22. The molecule has 0 radical (unpaired) electrons. The van der Waals surface area contributed by atoms with Gasteiger partial charge in [-0.05, 0) is 36.4 Å². The summed E-state index contributed by atoms with van der Waals surface area (Å²) in [5, 5.41) is 12.3. The van der Waals surface area contributed by atoms with Crippen LogP contribution in [0.3, 0.4) is 0 Å². The molecule has 0 atom stereocenters. The topological polar surface area (TPSA) is 39.1 Å². The van der Waals surface area contributed by atoms with E-state index in [1.165, 1.54) is 0 Å². The molecule has 0 bridgehead atoms. The van der Waals surface area contributed by atoms with Crippen molar-refractivity contribution in [2.24, 2.45) is 0 Å². The number of anilines is 3. The normalized spacial score (nSPS) is 9.61. The second kappa shape index (κ2) is 5.24. The van der Waals surface area contributed by atoms with Gasteiger partial charge < -0.3 is 10.2 Å². The standard InChI is InChI=1S/C15H15N3/c1-18(2)14-9-7-13(8-10-14)17-15-6-4-3-5-12(15)11-16/h3-10,17H,1-2H3. The number of hydrogen-bond donors (Lipinski definition) is 1. The molecule has 0 amide bonds. The highest BCUT2D eigenvalue weighted by Crippen LogP contribution is 2.22. The van der Waals surface area contributed by atoms with Crippen molar-refractivity contribution in [1.29, 1.82) is 5.26 Å². The van der Waals surface area contributed by atoms with E-state index >= 15 is 0 Å². The van der Waals surface area contributed by atoms with Crippen molar-refractivity contribution in [3.63, 3.8) is 0 Å². The lowest BCUT2D eigenvalue weighted by Crippen LogP contribution is -2.08. The summed E-state index contributed by atoms with van der Waals surface area (Å²) in [6.45, 7) is 0. The molecule has 0 aliphatic heterocycles. The summed E-state index contributed by atoms with van der Waals surface area (Å²) >= 11 is 0. The van der Waals surface area contributed by atoms with Gasteiger partial charge in [0.25, 0.3) is 0 Å². The van der Waals surface area contributed by atoms with Gasteiger partial charge in [-0.2, -0.15) is 5.26 Å². The molecule has 90 valence electrons. The van der Waals surface area contributed by atoms with Crippen molar-refractivity contribution in [1.82, 2.24) is 0 Å². The molecule has 3 nitrogen and oxygen atoms in total. The first kappa shape index (κ1) is 12.0. The minimum atomic E-state index is 0.647. The van der Waals surface area contributed by atoms with E-state index in [2.05, 4.69) is 11.4 Å². The Hall–Kier alpha value is -2.47. The van der Waals surface area contributed by atoms with Gasteiger partial charge in [0, 0.05) is 25.5 Å². The lowest BCUT2D eigenvalue weighted by molar-refractivity contribution is 1.13. The van der Waals surface area contributed by atoms with Crippen LogP contribution in [0.4, 0.5) is 17.1 Å². The number of rotatable bonds is 3. The van der Waals surface area contributed by atoms with Crippen LogP contribution >= 0.6 is 0 Å². The molecule has 0 fully saturated rings. The Morgan fingerprint density at radius 3 is 2.28 bits per heavy atom. The van der Waals surface area contributed by atoms with Gasteiger partial charge in [-0.3, -0.25) is 0 Å². The smallest absolute Gasteiger partial charge is 0.101 e. The summed E-state index contributed by atoms with van der Waals surface area (Å²) in [5.41, 5.74) is 3.60. The summed E-state index contributed by atoms with van der Waals surface area (Å²) in [4.78, 5) is 2.05. The minimum absolute atomic E-state index is 0.647. The van der Waals surface area contributed by atoms with Gasteiger partial charge in [-0.1, -0.05) is 12.1 Å². The van der Waals surface area contributed by atoms with Gasteiger partial charge in [0.1, 0.15) is 6.07 Å². The van der Waals surface area contributed by atoms with Crippen LogP contribution in [0.5, 0.6) is 0 Å². The fourth-order valence-electron chi connectivity index (χ4n) is 1.69. The third kappa shape index (κ3) is 2.61. The first-order chi connectivity index (χ1) is 8.70. The fourth-order valence-corrected chi connectivity index (χ4v) is 1.69. The van der Waals surface area contributed by atoms with Crippen LogP contribution in [0.15, 0.2) is 48.5 Å². The number of nitrogens with zero attached hydrogens (tertiary/aromatic N) is 2. The predicted octanol–water partition coefficient (Wildman–Crippen LogP) is 3.37. The molecule has 2 aromatic rings. The summed E-state index contributed by atoms with van der Waals surface area (Å²) in [6, 6.07) is 17.7. The monoisotopic (exact) mass is 237 g/mol. The Morgan fingerprint density at radius 1 is 1.00 bits per heavy atom. The van der Waals surface area contributed by atoms with Gasteiger partial charge in [0.15, 0.2) is 0 Å². The SMILES string of the molecule is CN(C)c1ccc(Nc2ccccc2C#N)cc1. The lowest BCUT2D eigenvalue weighted by atomic mass is 10.2. The maximum atomic E-state index is 9.02. The average molecular weight is 237 g/mol. The van der Waals surface area contributed by atoms with Crippen molar-refractivity contribution in [2.75, 3.05) is 24.3 Å². The van der Waals surface area contributed by atoms with E-state index in [9.17, 15) is 0 Å². The number of nitrogens with one attached hydrogen (secondary N) is 1. The molecule has 0 saturated heterocycles. The summed E-state index contributed by atoms with van der Waals surface area (Å²) in [6.07, 6.45) is 0. The largest absolute Gasteiger partial charge is 0.378 e. The number of benzene rings is 2. The highest BCUT2D eigenvalue weighted by Gasteiger charge is 2.01. The zero-order valence-corrected chi connectivity index (χ0v) is 10.5. The van der Waals surface area contributed by atoms with Crippen molar-refractivity contribution in [3.8, 4) is 6.07 Å². The Kier molecular flexibility index (Phi) is 3.49. The van der Waals surface area contributed by atoms with E-state index in [1.54, 1.807) is 6.07 Å². The van der Waals surface area contributed by atoms with E-state index in [0.717, 1.165) is 17.1 Å². The lowest BCUT2D eigenvalue weighted by Gasteiger charge is -2.13. The molecule has 1 N–H and O–H groups in total. The maximum absolute atomic E-state index is 9.02. The molecule has 0 unspecified atom stereocenters. The number of hydrogen-bond acceptors (Lipinski definition) is 3. The number of para-hydroxylation sites is 1. The molecule has 18 heavy (non-hydrogen) atoms. The van der Waals surface area contributed by atoms with Gasteiger partial charge in [-0.15, -0.1) is 0 Å². The molecule has 2 rings (SSSR count). The van der Waals surface area contributed by atoms with Crippen molar-refractivity contribution in [3.05, 3.63) is 54.1 Å². The van der Waals surface area contributed by atoms with Crippen LogP contribution in [-0.4, -0.2) is 14.1 Å². The van der Waals surface area contributed by atoms with Crippen LogP contribution < -0.4 is 10.2 Å². The van der Waals surface area contributed by atoms with Crippen molar-refractivity contribution in [2.45, 2.75) is 0 Å². The number of nitriles is 1. The molecule has 0 spiro atoms. The molecule has 0 saturated carbocycles. The molecule has 0 aliphatic rings. The van der Waals surface area contributed by atoms with E-state index in [1.807, 2.05) is 61.5 Å². The van der Waals surface area contributed by atoms with Gasteiger partial charge >= 0.3 is 0 Å². The molecule has 0 aliphatic carbocycles. The quantitative estimate of drug-likeness (QED) is 0.889. The molecule has 3 heteroatoms. The second-order valence-electron chi connectivity index (χ2n) is 4.22. The van der Waals surface area contributed by atoms with Crippen LogP contribution in [0.25, 0.3) is 0 Å². The zero-order valence-electron chi connectivity index (χ0n) is 10.5. The molecule has 2 aromatic carbocycles. The predicted molar refractivity (Wildman–Crippen MR) is 75.2 cm³/mol. The average Bonchev–Trinajstić information content (AvgIpc) is 2.40. The van der Waals surface area contributed by atoms with Gasteiger partial charge in [0.05, 0.1) is 11.3 Å². The minimum Gasteiger partial charge on any atom is -0.378 e. The summed E-state index contributed by atoms with van der Waals surface area (Å²) in [7, 11) is 4.01. The van der Waals surface area contributed by atoms with Gasteiger partial charge in [0.2, 0.25) is 0 Å². The molecule has 0 heterocycles. The van der Waals surface area contributed by atoms with E-state index in [0.29, 0.717) is 5.56 Å². The van der Waals surface area contributed by atoms with E-state index < -0.39 is 0 Å². The first-order valence-electron chi connectivity index (χ1n) is 5.74. The maximum Gasteiger partial charge on any atom is 0.101 e. The molecular formula is C15H15N3. The third-order valence-corrected chi connectivity index (χ3v) is 2.71. The summed E-state index contributed by atoms with van der Waals surface area (Å²) < 4.78 is 0. The molecule has 0 aromatic heterocycles. The van der Waals surface area contributed by atoms with Crippen LogP contribution in [0.2, 0.25) is 0 Å². The Morgan fingerprint density at radius 2 is 1.67 bits per heavy atom. The fraction of sp³-hybridized carbons (Fsp3) is 0.133.